The van der Waals surface area contributed by atoms with E-state index in [0.717, 1.165) is 16.8 Å². The first-order valence-corrected chi connectivity index (χ1v) is 15.1. The van der Waals surface area contributed by atoms with Crippen LogP contribution in [0, 0.1) is 18.3 Å². The number of carbonyl (C=O) groups excluding carboxylic acids is 2. The number of nitrogens with two attached hydrogens (primary N) is 1. The van der Waals surface area contributed by atoms with Gasteiger partial charge in [-0.2, -0.15) is 5.26 Å². The van der Waals surface area contributed by atoms with Crippen LogP contribution in [0.5, 0.6) is 11.5 Å². The minimum absolute atomic E-state index is 0.000369. The van der Waals surface area contributed by atoms with E-state index in [9.17, 15) is 14.9 Å². The van der Waals surface area contributed by atoms with Gasteiger partial charge in [0, 0.05) is 23.8 Å². The number of thioether (sulfide) groups is 1. The molecule has 1 aliphatic carbocycles. The van der Waals surface area contributed by atoms with Gasteiger partial charge in [-0.1, -0.05) is 59.0 Å². The average molecular weight is 623 g/mol. The zero-order valence-corrected chi connectivity index (χ0v) is 25.5. The number of Topliss-reactive ketones (excluding diaryl/α,β-unsaturated/α-hetero) is 1. The maximum Gasteiger partial charge on any atom is 0.234 e. The lowest BCUT2D eigenvalue weighted by Gasteiger charge is -2.38. The molecule has 1 unspecified atom stereocenters. The SMILES string of the molecule is COc1cc(OC)c(NC(=O)CSc2nnc(N3C(N)=C(C#N)C(c4ccccc4C)C4=C3CCCC4=O)s2)cc1Cl. The summed E-state index contributed by atoms with van der Waals surface area (Å²) in [5, 5.41) is 22.4. The Morgan fingerprint density at radius 2 is 2.00 bits per heavy atom. The number of nitrogens with one attached hydrogen (secondary N) is 1. The number of hydrogen-bond donors (Lipinski definition) is 2. The Morgan fingerprint density at radius 3 is 2.71 bits per heavy atom. The topological polar surface area (TPSA) is 143 Å². The molecular formula is C29H27ClN6O4S2. The number of anilines is 2. The van der Waals surface area contributed by atoms with E-state index in [4.69, 9.17) is 26.8 Å². The van der Waals surface area contributed by atoms with E-state index in [0.29, 0.717) is 62.1 Å². The first kappa shape index (κ1) is 29.4. The number of carbonyl (C=O) groups is 2. The standard InChI is InChI=1S/C29H27ClN6O4S2/c1-15-7-4-5-8-16(15)25-17(13-31)27(32)36(20-9-6-10-21(37)26(20)25)28-34-35-29(42-28)41-14-24(38)33-19-11-18(30)22(39-2)12-23(19)40-3/h4-5,7-8,11-12,25H,6,9-10,14,32H2,1-3H3,(H,33,38). The molecule has 216 valence electrons. The Hall–Kier alpha value is -4.05. The van der Waals surface area contributed by atoms with Crippen molar-refractivity contribution in [2.75, 3.05) is 30.2 Å². The fraction of sp³-hybridized carbons (Fsp3) is 0.276. The summed E-state index contributed by atoms with van der Waals surface area (Å²) in [5.74, 6) is 0.263. The molecule has 0 saturated carbocycles. The van der Waals surface area contributed by atoms with Crippen molar-refractivity contribution in [3.63, 3.8) is 0 Å². The van der Waals surface area contributed by atoms with Gasteiger partial charge in [0.05, 0.1) is 48.2 Å². The van der Waals surface area contributed by atoms with Crippen molar-refractivity contribution in [1.29, 1.82) is 5.26 Å². The second-order valence-corrected chi connectivity index (χ2v) is 12.1. The van der Waals surface area contributed by atoms with Crippen molar-refractivity contribution < 1.29 is 19.1 Å². The predicted molar refractivity (Wildman–Crippen MR) is 163 cm³/mol. The fourth-order valence-corrected chi connectivity index (χ4v) is 7.07. The van der Waals surface area contributed by atoms with Gasteiger partial charge < -0.3 is 20.5 Å². The molecule has 0 radical (unpaired) electrons. The van der Waals surface area contributed by atoms with Crippen molar-refractivity contribution in [2.45, 2.75) is 36.4 Å². The molecule has 5 rings (SSSR count). The molecule has 42 heavy (non-hydrogen) atoms. The molecule has 3 aromatic rings. The molecule has 1 atom stereocenters. The summed E-state index contributed by atoms with van der Waals surface area (Å²) in [5.41, 5.74) is 10.5. The molecule has 2 aromatic carbocycles. The minimum atomic E-state index is -0.538. The van der Waals surface area contributed by atoms with E-state index in [1.54, 1.807) is 17.0 Å². The highest BCUT2D eigenvalue weighted by molar-refractivity contribution is 8.01. The van der Waals surface area contributed by atoms with Crippen LogP contribution >= 0.6 is 34.7 Å². The number of benzene rings is 2. The second kappa shape index (κ2) is 12.4. The van der Waals surface area contributed by atoms with Gasteiger partial charge in [-0.25, -0.2) is 0 Å². The number of halogens is 1. The Balaban J connectivity index is 1.39. The van der Waals surface area contributed by atoms with Crippen LogP contribution in [0.25, 0.3) is 0 Å². The van der Waals surface area contributed by atoms with Crippen molar-refractivity contribution in [3.05, 3.63) is 75.2 Å². The molecule has 10 nitrogen and oxygen atoms in total. The molecule has 13 heteroatoms. The highest BCUT2D eigenvalue weighted by Gasteiger charge is 2.41. The maximum atomic E-state index is 13.3. The van der Waals surface area contributed by atoms with Gasteiger partial charge in [0.25, 0.3) is 0 Å². The van der Waals surface area contributed by atoms with Crippen molar-refractivity contribution in [2.24, 2.45) is 5.73 Å². The molecule has 1 amide bonds. The number of nitriles is 1. The van der Waals surface area contributed by atoms with Crippen LogP contribution in [0.3, 0.4) is 0 Å². The number of ether oxygens (including phenoxy) is 2. The lowest BCUT2D eigenvalue weighted by molar-refractivity contribution is -0.116. The number of rotatable bonds is 8. The summed E-state index contributed by atoms with van der Waals surface area (Å²) >= 11 is 8.65. The third-order valence-corrected chi connectivity index (χ3v) is 9.41. The molecule has 1 aromatic heterocycles. The lowest BCUT2D eigenvalue weighted by Crippen LogP contribution is -2.38. The molecule has 0 saturated heterocycles. The Kier molecular flexibility index (Phi) is 8.72. The summed E-state index contributed by atoms with van der Waals surface area (Å²) in [4.78, 5) is 27.8. The van der Waals surface area contributed by atoms with Gasteiger partial charge in [-0.15, -0.1) is 10.2 Å². The molecule has 0 spiro atoms. The van der Waals surface area contributed by atoms with E-state index < -0.39 is 5.92 Å². The molecular weight excluding hydrogens is 596 g/mol. The van der Waals surface area contributed by atoms with E-state index in [-0.39, 0.29) is 23.3 Å². The summed E-state index contributed by atoms with van der Waals surface area (Å²) in [6.45, 7) is 1.96. The number of aryl methyl sites for hydroxylation is 1. The van der Waals surface area contributed by atoms with Crippen molar-refractivity contribution in [3.8, 4) is 17.6 Å². The van der Waals surface area contributed by atoms with Crippen LogP contribution in [0.2, 0.25) is 5.02 Å². The van der Waals surface area contributed by atoms with Gasteiger partial charge in [0.2, 0.25) is 11.0 Å². The van der Waals surface area contributed by atoms with Gasteiger partial charge in [0.15, 0.2) is 10.1 Å². The van der Waals surface area contributed by atoms with Gasteiger partial charge >= 0.3 is 0 Å². The number of aromatic nitrogens is 2. The zero-order valence-electron chi connectivity index (χ0n) is 23.1. The number of allylic oxidation sites excluding steroid dienone is 3. The Bertz CT molecular complexity index is 1680. The average Bonchev–Trinajstić information content (AvgIpc) is 3.44. The normalized spacial score (nSPS) is 16.7. The number of hydrogen-bond acceptors (Lipinski definition) is 11. The molecule has 3 N–H and O–H groups in total. The van der Waals surface area contributed by atoms with E-state index in [2.05, 4.69) is 21.6 Å². The Morgan fingerprint density at radius 1 is 1.24 bits per heavy atom. The monoisotopic (exact) mass is 622 g/mol. The van der Waals surface area contributed by atoms with Crippen LogP contribution < -0.4 is 25.4 Å². The Labute approximate surface area is 256 Å². The molecule has 1 aliphatic heterocycles. The summed E-state index contributed by atoms with van der Waals surface area (Å²) in [7, 11) is 2.98. The number of ketones is 1. The quantitative estimate of drug-likeness (QED) is 0.307. The highest BCUT2D eigenvalue weighted by Crippen LogP contribution is 2.47. The summed E-state index contributed by atoms with van der Waals surface area (Å²) in [6.07, 6.45) is 1.69. The summed E-state index contributed by atoms with van der Waals surface area (Å²) < 4.78 is 11.1. The molecule has 0 bridgehead atoms. The van der Waals surface area contributed by atoms with Crippen LogP contribution in [0.15, 0.2) is 63.4 Å². The third kappa shape index (κ3) is 5.55. The molecule has 2 heterocycles. The van der Waals surface area contributed by atoms with E-state index in [1.165, 1.54) is 37.3 Å². The maximum absolute atomic E-state index is 13.3. The molecule has 0 fully saturated rings. The predicted octanol–water partition coefficient (Wildman–Crippen LogP) is 5.55. The lowest BCUT2D eigenvalue weighted by atomic mass is 9.75. The highest BCUT2D eigenvalue weighted by atomic mass is 35.5. The number of amides is 1. The van der Waals surface area contributed by atoms with E-state index in [1.807, 2.05) is 31.2 Å². The smallest absolute Gasteiger partial charge is 0.234 e. The van der Waals surface area contributed by atoms with Crippen LogP contribution in [0.1, 0.15) is 36.3 Å². The first-order valence-electron chi connectivity index (χ1n) is 13.0. The minimum Gasteiger partial charge on any atom is -0.495 e. The van der Waals surface area contributed by atoms with Crippen molar-refractivity contribution in [1.82, 2.24) is 10.2 Å². The number of methoxy groups -OCH3 is 2. The van der Waals surface area contributed by atoms with Crippen LogP contribution in [-0.4, -0.2) is 41.9 Å². The molecule has 2 aliphatic rings. The van der Waals surface area contributed by atoms with Gasteiger partial charge in [0.1, 0.15) is 17.3 Å². The largest absolute Gasteiger partial charge is 0.495 e. The van der Waals surface area contributed by atoms with Crippen LogP contribution in [0.4, 0.5) is 10.8 Å². The van der Waals surface area contributed by atoms with Gasteiger partial charge in [-0.05, 0) is 37.0 Å². The fourth-order valence-electron chi connectivity index (χ4n) is 5.15. The van der Waals surface area contributed by atoms with Crippen molar-refractivity contribution >= 4 is 57.2 Å². The van der Waals surface area contributed by atoms with E-state index >= 15 is 0 Å². The zero-order chi connectivity index (χ0) is 30.0. The third-order valence-electron chi connectivity index (χ3n) is 7.07. The van der Waals surface area contributed by atoms with Gasteiger partial charge in [-0.3, -0.25) is 14.5 Å². The number of nitrogens with zero attached hydrogens (tertiary/aromatic N) is 4. The second-order valence-electron chi connectivity index (χ2n) is 9.55. The van der Waals surface area contributed by atoms with Crippen LogP contribution in [-0.2, 0) is 9.59 Å². The summed E-state index contributed by atoms with van der Waals surface area (Å²) in [6, 6.07) is 13.1. The first-order chi connectivity index (χ1) is 20.3.